The Morgan fingerprint density at radius 2 is 2.67 bits per heavy atom. The SMILES string of the molecule is COCc1oncc1N. The van der Waals surface area contributed by atoms with E-state index in [0.29, 0.717) is 18.1 Å². The van der Waals surface area contributed by atoms with Gasteiger partial charge in [-0.25, -0.2) is 0 Å². The summed E-state index contributed by atoms with van der Waals surface area (Å²) >= 11 is 0. The van der Waals surface area contributed by atoms with E-state index in [1.165, 1.54) is 6.20 Å². The molecule has 50 valence electrons. The van der Waals surface area contributed by atoms with Gasteiger partial charge in [0.25, 0.3) is 0 Å². The lowest BCUT2D eigenvalue weighted by Crippen LogP contribution is -1.90. The van der Waals surface area contributed by atoms with E-state index in [4.69, 9.17) is 15.0 Å². The molecule has 0 fully saturated rings. The van der Waals surface area contributed by atoms with Gasteiger partial charge in [-0.15, -0.1) is 0 Å². The first-order valence-corrected chi connectivity index (χ1v) is 2.52. The summed E-state index contributed by atoms with van der Waals surface area (Å²) in [5, 5.41) is 3.46. The van der Waals surface area contributed by atoms with E-state index in [-0.39, 0.29) is 0 Å². The standard InChI is InChI=1S/C5H8N2O2/c1-8-3-5-4(6)2-7-9-5/h2H,3,6H2,1H3. The fraction of sp³-hybridized carbons (Fsp3) is 0.400. The number of hydrogen-bond donors (Lipinski definition) is 1. The van der Waals surface area contributed by atoms with Gasteiger partial charge in [0.15, 0.2) is 5.76 Å². The van der Waals surface area contributed by atoms with Gasteiger partial charge in [0.05, 0.1) is 11.9 Å². The molecule has 1 rings (SSSR count). The number of aromatic nitrogens is 1. The zero-order chi connectivity index (χ0) is 6.69. The number of nitrogen functional groups attached to an aromatic ring is 1. The second-order valence-electron chi connectivity index (χ2n) is 1.64. The molecular formula is C5H8N2O2. The van der Waals surface area contributed by atoms with Crippen molar-refractivity contribution in [1.29, 1.82) is 0 Å². The highest BCUT2D eigenvalue weighted by Crippen LogP contribution is 2.09. The maximum atomic E-state index is 5.39. The highest BCUT2D eigenvalue weighted by Gasteiger charge is 2.01. The zero-order valence-electron chi connectivity index (χ0n) is 5.13. The lowest BCUT2D eigenvalue weighted by atomic mass is 10.4. The fourth-order valence-electron chi connectivity index (χ4n) is 0.512. The molecule has 1 heterocycles. The summed E-state index contributed by atoms with van der Waals surface area (Å²) < 4.78 is 9.46. The van der Waals surface area contributed by atoms with Crippen LogP contribution in [0.1, 0.15) is 5.76 Å². The minimum absolute atomic E-state index is 0.381. The molecule has 0 aliphatic carbocycles. The summed E-state index contributed by atoms with van der Waals surface area (Å²) in [5.74, 6) is 0.581. The van der Waals surface area contributed by atoms with E-state index in [1.807, 2.05) is 0 Å². The minimum Gasteiger partial charge on any atom is -0.394 e. The van der Waals surface area contributed by atoms with Gasteiger partial charge in [-0.3, -0.25) is 0 Å². The van der Waals surface area contributed by atoms with Crippen molar-refractivity contribution in [1.82, 2.24) is 5.16 Å². The molecule has 0 aliphatic rings. The number of nitrogens with two attached hydrogens (primary N) is 1. The van der Waals surface area contributed by atoms with Crippen molar-refractivity contribution in [2.75, 3.05) is 12.8 Å². The van der Waals surface area contributed by atoms with Crippen LogP contribution in [0, 0.1) is 0 Å². The Morgan fingerprint density at radius 1 is 1.89 bits per heavy atom. The van der Waals surface area contributed by atoms with Crippen molar-refractivity contribution < 1.29 is 9.26 Å². The van der Waals surface area contributed by atoms with E-state index < -0.39 is 0 Å². The number of hydrogen-bond acceptors (Lipinski definition) is 4. The van der Waals surface area contributed by atoms with Crippen LogP contribution in [0.15, 0.2) is 10.7 Å². The van der Waals surface area contributed by atoms with Crippen LogP contribution >= 0.6 is 0 Å². The molecule has 4 nitrogen and oxygen atoms in total. The van der Waals surface area contributed by atoms with Crippen LogP contribution in [0.3, 0.4) is 0 Å². The lowest BCUT2D eigenvalue weighted by molar-refractivity contribution is 0.156. The second-order valence-corrected chi connectivity index (χ2v) is 1.64. The van der Waals surface area contributed by atoms with Gasteiger partial charge in [0.1, 0.15) is 6.61 Å². The molecule has 0 unspecified atom stereocenters. The summed E-state index contributed by atoms with van der Waals surface area (Å²) in [6.07, 6.45) is 1.45. The predicted molar refractivity (Wildman–Crippen MR) is 31.6 cm³/mol. The van der Waals surface area contributed by atoms with Crippen LogP contribution in [0.4, 0.5) is 5.69 Å². The average Bonchev–Trinajstić information content (AvgIpc) is 2.18. The Kier molecular flexibility index (Phi) is 1.69. The molecule has 0 saturated heterocycles. The van der Waals surface area contributed by atoms with Crippen LogP contribution in [0.5, 0.6) is 0 Å². The fourth-order valence-corrected chi connectivity index (χ4v) is 0.512. The first-order chi connectivity index (χ1) is 4.34. The smallest absolute Gasteiger partial charge is 0.185 e. The summed E-state index contributed by atoms with van der Waals surface area (Å²) in [7, 11) is 1.57. The molecule has 0 amide bonds. The van der Waals surface area contributed by atoms with E-state index in [2.05, 4.69) is 5.16 Å². The van der Waals surface area contributed by atoms with Crippen LogP contribution in [0.2, 0.25) is 0 Å². The van der Waals surface area contributed by atoms with E-state index in [9.17, 15) is 0 Å². The minimum atomic E-state index is 0.381. The van der Waals surface area contributed by atoms with Crippen molar-refractivity contribution in [3.63, 3.8) is 0 Å². The topological polar surface area (TPSA) is 61.3 Å². The molecule has 0 spiro atoms. The van der Waals surface area contributed by atoms with Crippen LogP contribution in [0.25, 0.3) is 0 Å². The number of anilines is 1. The van der Waals surface area contributed by atoms with Gasteiger partial charge in [-0.05, 0) is 0 Å². The van der Waals surface area contributed by atoms with Gasteiger partial charge in [0.2, 0.25) is 0 Å². The number of ether oxygens (including phenoxy) is 1. The first-order valence-electron chi connectivity index (χ1n) is 2.52. The van der Waals surface area contributed by atoms with Crippen LogP contribution in [-0.2, 0) is 11.3 Å². The second kappa shape index (κ2) is 2.50. The third-order valence-corrected chi connectivity index (χ3v) is 0.952. The summed E-state index contributed by atoms with van der Waals surface area (Å²) in [6, 6.07) is 0. The van der Waals surface area contributed by atoms with Crippen molar-refractivity contribution in [3.8, 4) is 0 Å². The monoisotopic (exact) mass is 128 g/mol. The summed E-state index contributed by atoms with van der Waals surface area (Å²) in [5.41, 5.74) is 5.93. The van der Waals surface area contributed by atoms with Crippen LogP contribution < -0.4 is 5.73 Å². The predicted octanol–water partition coefficient (Wildman–Crippen LogP) is 0.403. The van der Waals surface area contributed by atoms with Gasteiger partial charge in [-0.1, -0.05) is 5.16 Å². The molecule has 9 heavy (non-hydrogen) atoms. The number of methoxy groups -OCH3 is 1. The molecule has 0 saturated carbocycles. The molecule has 2 N–H and O–H groups in total. The lowest BCUT2D eigenvalue weighted by Gasteiger charge is -1.90. The molecule has 4 heteroatoms. The Bertz CT molecular complexity index is 185. The Morgan fingerprint density at radius 3 is 3.11 bits per heavy atom. The van der Waals surface area contributed by atoms with Gasteiger partial charge >= 0.3 is 0 Å². The maximum absolute atomic E-state index is 5.39. The molecular weight excluding hydrogens is 120 g/mol. The molecule has 1 aromatic heterocycles. The summed E-state index contributed by atoms with van der Waals surface area (Å²) in [4.78, 5) is 0. The van der Waals surface area contributed by atoms with Crippen molar-refractivity contribution >= 4 is 5.69 Å². The first kappa shape index (κ1) is 6.10. The van der Waals surface area contributed by atoms with Gasteiger partial charge in [0, 0.05) is 7.11 Å². The normalized spacial score (nSPS) is 9.89. The van der Waals surface area contributed by atoms with Crippen molar-refractivity contribution in [3.05, 3.63) is 12.0 Å². The third-order valence-electron chi connectivity index (χ3n) is 0.952. The summed E-state index contributed by atoms with van der Waals surface area (Å²) in [6.45, 7) is 0.381. The van der Waals surface area contributed by atoms with E-state index >= 15 is 0 Å². The van der Waals surface area contributed by atoms with Gasteiger partial charge in [-0.2, -0.15) is 0 Å². The van der Waals surface area contributed by atoms with Gasteiger partial charge < -0.3 is 15.0 Å². The number of rotatable bonds is 2. The van der Waals surface area contributed by atoms with Crippen molar-refractivity contribution in [2.45, 2.75) is 6.61 Å². The maximum Gasteiger partial charge on any atom is 0.185 e. The zero-order valence-corrected chi connectivity index (χ0v) is 5.13. The van der Waals surface area contributed by atoms with E-state index in [1.54, 1.807) is 7.11 Å². The molecule has 1 aromatic rings. The molecule has 0 aliphatic heterocycles. The Balaban J connectivity index is 2.69. The van der Waals surface area contributed by atoms with Crippen LogP contribution in [-0.4, -0.2) is 12.3 Å². The molecule has 0 radical (unpaired) electrons. The Hall–Kier alpha value is -1.03. The quantitative estimate of drug-likeness (QED) is 0.626. The van der Waals surface area contributed by atoms with Crippen molar-refractivity contribution in [2.24, 2.45) is 0 Å². The average molecular weight is 128 g/mol. The highest BCUT2D eigenvalue weighted by molar-refractivity contribution is 5.37. The molecule has 0 aromatic carbocycles. The molecule has 0 bridgehead atoms. The Labute approximate surface area is 52.6 Å². The largest absolute Gasteiger partial charge is 0.394 e. The van der Waals surface area contributed by atoms with E-state index in [0.717, 1.165) is 0 Å². The highest BCUT2D eigenvalue weighted by atomic mass is 16.5. The third kappa shape index (κ3) is 1.20. The number of nitrogens with zero attached hydrogens (tertiary/aromatic N) is 1. The molecule has 0 atom stereocenters.